The molecule has 0 aliphatic carbocycles. The molecule has 0 spiro atoms. The second-order valence-corrected chi connectivity index (χ2v) is 9.07. The van der Waals surface area contributed by atoms with Gasteiger partial charge >= 0.3 is 0 Å². The van der Waals surface area contributed by atoms with Crippen LogP contribution in [0.3, 0.4) is 0 Å². The molecule has 0 fully saturated rings. The number of halogens is 1. The molecule has 0 atom stereocenters. The third-order valence-electron chi connectivity index (χ3n) is 4.61. The van der Waals surface area contributed by atoms with Gasteiger partial charge in [-0.25, -0.2) is 8.42 Å². The first kappa shape index (κ1) is 19.2. The Morgan fingerprint density at radius 1 is 1.21 bits per heavy atom. The highest BCUT2D eigenvalue weighted by molar-refractivity contribution is 7.90. The van der Waals surface area contributed by atoms with Gasteiger partial charge in [-0.15, -0.1) is 0 Å². The second-order valence-electron chi connectivity index (χ2n) is 6.65. The van der Waals surface area contributed by atoms with Crippen molar-refractivity contribution in [2.75, 3.05) is 11.6 Å². The third kappa shape index (κ3) is 3.39. The fourth-order valence-electron chi connectivity index (χ4n) is 3.14. The van der Waals surface area contributed by atoms with Gasteiger partial charge in [0.05, 0.1) is 38.4 Å². The Balaban J connectivity index is 1.98. The number of nitrogens with zero attached hydrogens (tertiary/aromatic N) is 3. The number of aromatic nitrogens is 3. The Kier molecular flexibility index (Phi) is 4.44. The topological polar surface area (TPSA) is 120 Å². The lowest BCUT2D eigenvalue weighted by Gasteiger charge is -2.15. The summed E-state index contributed by atoms with van der Waals surface area (Å²) >= 11 is 6.28. The lowest BCUT2D eigenvalue weighted by atomic mass is 10.1. The van der Waals surface area contributed by atoms with Gasteiger partial charge < -0.3 is 11.1 Å². The minimum atomic E-state index is -3.53. The lowest BCUT2D eigenvalue weighted by Crippen LogP contribution is -2.14. The summed E-state index contributed by atoms with van der Waals surface area (Å²) in [6.45, 7) is 0. The van der Waals surface area contributed by atoms with Gasteiger partial charge in [0.15, 0.2) is 9.84 Å². The van der Waals surface area contributed by atoms with Crippen molar-refractivity contribution < 1.29 is 13.2 Å². The molecule has 3 N–H and O–H groups in total. The molecule has 0 unspecified atom stereocenters. The van der Waals surface area contributed by atoms with Crippen LogP contribution in [0.1, 0.15) is 10.4 Å². The standard InChI is InChI=1S/C19H16ClN5O3S/c1-25-16-5-11(4-3-10(16)8-23-25)24-17-13-6-12(29(2,27)28)7-15(20)18(13)22-9-14(17)19(21)26/h3-9H,1-2H3,(H2,21,26)(H,22,24). The molecule has 4 aromatic rings. The van der Waals surface area contributed by atoms with E-state index in [4.69, 9.17) is 17.3 Å². The van der Waals surface area contributed by atoms with E-state index in [-0.39, 0.29) is 15.5 Å². The number of hydrogen-bond donors (Lipinski definition) is 2. The normalized spacial score (nSPS) is 11.8. The van der Waals surface area contributed by atoms with Crippen molar-refractivity contribution in [1.29, 1.82) is 0 Å². The van der Waals surface area contributed by atoms with Crippen molar-refractivity contribution in [1.82, 2.24) is 14.8 Å². The van der Waals surface area contributed by atoms with Crippen LogP contribution in [-0.2, 0) is 16.9 Å². The number of pyridine rings is 1. The quantitative estimate of drug-likeness (QED) is 0.514. The van der Waals surface area contributed by atoms with Crippen molar-refractivity contribution in [2.45, 2.75) is 4.90 Å². The number of anilines is 2. The number of rotatable bonds is 4. The van der Waals surface area contributed by atoms with Crippen LogP contribution in [0, 0.1) is 0 Å². The summed E-state index contributed by atoms with van der Waals surface area (Å²) in [6.07, 6.45) is 4.15. The molecule has 0 bridgehead atoms. The molecule has 148 valence electrons. The lowest BCUT2D eigenvalue weighted by molar-refractivity contribution is 0.100. The number of carbonyl (C=O) groups is 1. The van der Waals surface area contributed by atoms with Crippen LogP contribution in [0.5, 0.6) is 0 Å². The van der Waals surface area contributed by atoms with Crippen LogP contribution < -0.4 is 11.1 Å². The largest absolute Gasteiger partial charge is 0.365 e. The molecular weight excluding hydrogens is 414 g/mol. The summed E-state index contributed by atoms with van der Waals surface area (Å²) in [4.78, 5) is 16.2. The van der Waals surface area contributed by atoms with Gasteiger partial charge in [0.25, 0.3) is 5.91 Å². The molecule has 2 aromatic carbocycles. The van der Waals surface area contributed by atoms with E-state index in [1.54, 1.807) is 10.9 Å². The Hall–Kier alpha value is -3.17. The average Bonchev–Trinajstić information content (AvgIpc) is 3.01. The van der Waals surface area contributed by atoms with Crippen LogP contribution in [0.25, 0.3) is 21.8 Å². The van der Waals surface area contributed by atoms with Gasteiger partial charge in [0.2, 0.25) is 0 Å². The highest BCUT2D eigenvalue weighted by atomic mass is 35.5. The van der Waals surface area contributed by atoms with E-state index in [9.17, 15) is 13.2 Å². The summed E-state index contributed by atoms with van der Waals surface area (Å²) < 4.78 is 25.9. The number of primary amides is 1. The molecule has 2 aromatic heterocycles. The first-order chi connectivity index (χ1) is 13.6. The average molecular weight is 430 g/mol. The van der Waals surface area contributed by atoms with E-state index in [0.717, 1.165) is 17.2 Å². The van der Waals surface area contributed by atoms with Crippen molar-refractivity contribution in [2.24, 2.45) is 12.8 Å². The number of fused-ring (bicyclic) bond motifs is 2. The Morgan fingerprint density at radius 2 is 1.97 bits per heavy atom. The molecule has 8 nitrogen and oxygen atoms in total. The Morgan fingerprint density at radius 3 is 2.66 bits per heavy atom. The van der Waals surface area contributed by atoms with Gasteiger partial charge in [-0.05, 0) is 30.3 Å². The number of sulfone groups is 1. The number of carbonyl (C=O) groups excluding carboxylic acids is 1. The maximum atomic E-state index is 12.1. The zero-order valence-corrected chi connectivity index (χ0v) is 17.0. The molecule has 1 amide bonds. The maximum Gasteiger partial charge on any atom is 0.252 e. The SMILES string of the molecule is Cn1ncc2ccc(Nc3c(C(N)=O)cnc4c(Cl)cc(S(C)(=O)=O)cc34)cc21. The van der Waals surface area contributed by atoms with Crippen LogP contribution >= 0.6 is 11.6 Å². The first-order valence-corrected chi connectivity index (χ1v) is 10.7. The molecule has 4 rings (SSSR count). The molecule has 2 heterocycles. The molecule has 0 aliphatic rings. The molecular formula is C19H16ClN5O3S. The highest BCUT2D eigenvalue weighted by Crippen LogP contribution is 2.35. The number of aryl methyl sites for hydroxylation is 1. The van der Waals surface area contributed by atoms with Crippen molar-refractivity contribution >= 4 is 60.5 Å². The van der Waals surface area contributed by atoms with Gasteiger partial charge in [0, 0.05) is 36.0 Å². The fourth-order valence-corrected chi connectivity index (χ4v) is 4.13. The first-order valence-electron chi connectivity index (χ1n) is 8.46. The Bertz CT molecular complexity index is 1410. The zero-order chi connectivity index (χ0) is 20.9. The highest BCUT2D eigenvalue weighted by Gasteiger charge is 2.19. The summed E-state index contributed by atoms with van der Waals surface area (Å²) in [5.41, 5.74) is 7.88. The minimum Gasteiger partial charge on any atom is -0.365 e. The fraction of sp³-hybridized carbons (Fsp3) is 0.105. The number of benzene rings is 2. The van der Waals surface area contributed by atoms with E-state index in [1.165, 1.54) is 18.3 Å². The van der Waals surface area contributed by atoms with Crippen molar-refractivity contribution in [3.63, 3.8) is 0 Å². The number of nitrogens with one attached hydrogen (secondary N) is 1. The van der Waals surface area contributed by atoms with Gasteiger partial charge in [-0.3, -0.25) is 14.5 Å². The van der Waals surface area contributed by atoms with Crippen LogP contribution in [0.2, 0.25) is 5.02 Å². The summed E-state index contributed by atoms with van der Waals surface area (Å²) in [7, 11) is -1.71. The van der Waals surface area contributed by atoms with Gasteiger partial charge in [-0.1, -0.05) is 11.6 Å². The number of nitrogens with two attached hydrogens (primary N) is 1. The molecule has 0 radical (unpaired) electrons. The maximum absolute atomic E-state index is 12.1. The van der Waals surface area contributed by atoms with E-state index >= 15 is 0 Å². The van der Waals surface area contributed by atoms with Crippen LogP contribution in [0.4, 0.5) is 11.4 Å². The predicted molar refractivity (Wildman–Crippen MR) is 112 cm³/mol. The van der Waals surface area contributed by atoms with Gasteiger partial charge in [-0.2, -0.15) is 5.10 Å². The summed E-state index contributed by atoms with van der Waals surface area (Å²) in [5.74, 6) is -0.704. The second kappa shape index (κ2) is 6.71. The van der Waals surface area contributed by atoms with E-state index in [2.05, 4.69) is 15.4 Å². The number of amides is 1. The third-order valence-corrected chi connectivity index (χ3v) is 5.99. The molecule has 0 saturated carbocycles. The zero-order valence-electron chi connectivity index (χ0n) is 15.5. The number of hydrogen-bond acceptors (Lipinski definition) is 6. The molecule has 0 saturated heterocycles. The van der Waals surface area contributed by atoms with Crippen LogP contribution in [0.15, 0.2) is 47.6 Å². The monoisotopic (exact) mass is 429 g/mol. The summed E-state index contributed by atoms with van der Waals surface area (Å²) in [5, 5.41) is 8.87. The van der Waals surface area contributed by atoms with E-state index in [1.807, 2.05) is 25.2 Å². The molecule has 10 heteroatoms. The van der Waals surface area contributed by atoms with Gasteiger partial charge in [0.1, 0.15) is 0 Å². The molecule has 29 heavy (non-hydrogen) atoms. The Labute approximate surface area is 171 Å². The minimum absolute atomic E-state index is 0.0172. The van der Waals surface area contributed by atoms with Crippen molar-refractivity contribution in [3.8, 4) is 0 Å². The van der Waals surface area contributed by atoms with E-state index in [0.29, 0.717) is 22.3 Å². The summed E-state index contributed by atoms with van der Waals surface area (Å²) in [6, 6.07) is 8.33. The molecule has 0 aliphatic heterocycles. The predicted octanol–water partition coefficient (Wildman–Crippen LogP) is 3.02. The van der Waals surface area contributed by atoms with E-state index < -0.39 is 15.7 Å². The smallest absolute Gasteiger partial charge is 0.252 e. The van der Waals surface area contributed by atoms with Crippen LogP contribution in [-0.4, -0.2) is 35.3 Å². The van der Waals surface area contributed by atoms with Crippen molar-refractivity contribution in [3.05, 3.63) is 53.3 Å².